The molecule has 1 unspecified atom stereocenters. The number of aldehydes is 1. The van der Waals surface area contributed by atoms with Crippen LogP contribution in [0.3, 0.4) is 0 Å². The highest BCUT2D eigenvalue weighted by Crippen LogP contribution is 2.22. The Hall–Kier alpha value is 0.1000. The second kappa shape index (κ2) is 5.10. The summed E-state index contributed by atoms with van der Waals surface area (Å²) < 4.78 is 1.17. The van der Waals surface area contributed by atoms with Crippen molar-refractivity contribution in [2.24, 2.45) is 0 Å². The van der Waals surface area contributed by atoms with Crippen LogP contribution in [-0.2, 0) is 10.1 Å². The Labute approximate surface area is 100 Å². The van der Waals surface area contributed by atoms with Crippen molar-refractivity contribution in [3.8, 4) is 0 Å². The summed E-state index contributed by atoms with van der Waals surface area (Å²) in [6.45, 7) is 1.92. The highest BCUT2D eigenvalue weighted by molar-refractivity contribution is 14.1. The molecule has 0 bridgehead atoms. The fourth-order valence-electron chi connectivity index (χ4n) is 1.18. The first-order chi connectivity index (χ1) is 6.19. The maximum absolute atomic E-state index is 10.7. The lowest BCUT2D eigenvalue weighted by atomic mass is 9.98. The van der Waals surface area contributed by atoms with Gasteiger partial charge >= 0.3 is 0 Å². The molecule has 0 spiro atoms. The topological polar surface area (TPSA) is 17.1 Å². The molecule has 1 aromatic rings. The van der Waals surface area contributed by atoms with Crippen LogP contribution in [0.25, 0.3) is 0 Å². The highest BCUT2D eigenvalue weighted by atomic mass is 127. The Morgan fingerprint density at radius 1 is 1.62 bits per heavy atom. The van der Waals surface area contributed by atoms with E-state index in [1.54, 1.807) is 0 Å². The smallest absolute Gasteiger partial charge is 0.127 e. The highest BCUT2D eigenvalue weighted by Gasteiger charge is 2.08. The number of halogens is 2. The summed E-state index contributed by atoms with van der Waals surface area (Å²) >= 11 is 5.67. The van der Waals surface area contributed by atoms with E-state index in [2.05, 4.69) is 56.7 Å². The van der Waals surface area contributed by atoms with Crippen LogP contribution in [0, 0.1) is 3.57 Å². The van der Waals surface area contributed by atoms with Gasteiger partial charge in [-0.2, -0.15) is 0 Å². The Bertz CT molecular complexity index is 312. The molecule has 1 aromatic carbocycles. The third-order valence-corrected chi connectivity index (χ3v) is 3.22. The van der Waals surface area contributed by atoms with Crippen LogP contribution in [0.15, 0.2) is 18.2 Å². The quantitative estimate of drug-likeness (QED) is 0.462. The van der Waals surface area contributed by atoms with E-state index >= 15 is 0 Å². The number of rotatable bonds is 3. The fraction of sp³-hybridized carbons (Fsp3) is 0.300. The zero-order valence-electron chi connectivity index (χ0n) is 7.26. The van der Waals surface area contributed by atoms with Crippen LogP contribution in [-0.4, -0.2) is 6.29 Å². The molecule has 1 rings (SSSR count). The van der Waals surface area contributed by atoms with E-state index in [4.69, 9.17) is 0 Å². The molecule has 0 fully saturated rings. The van der Waals surface area contributed by atoms with E-state index in [-0.39, 0.29) is 5.92 Å². The first-order valence-electron chi connectivity index (χ1n) is 3.98. The Kier molecular flexibility index (Phi) is 4.38. The van der Waals surface area contributed by atoms with Gasteiger partial charge in [0.2, 0.25) is 0 Å². The standard InChI is InChI=1S/C10H10BrIO/c1-7(6-13)10-4-9(12)3-2-8(10)5-11/h2-4,6-7H,5H2,1H3. The van der Waals surface area contributed by atoms with Gasteiger partial charge in [0.05, 0.1) is 0 Å². The van der Waals surface area contributed by atoms with Gasteiger partial charge in [0, 0.05) is 14.8 Å². The van der Waals surface area contributed by atoms with Crippen LogP contribution in [0.2, 0.25) is 0 Å². The van der Waals surface area contributed by atoms with Crippen LogP contribution >= 0.6 is 38.5 Å². The van der Waals surface area contributed by atoms with Crippen molar-refractivity contribution in [3.63, 3.8) is 0 Å². The molecule has 0 amide bonds. The van der Waals surface area contributed by atoms with Crippen molar-refractivity contribution in [3.05, 3.63) is 32.9 Å². The van der Waals surface area contributed by atoms with E-state index in [0.717, 1.165) is 17.2 Å². The van der Waals surface area contributed by atoms with E-state index in [9.17, 15) is 4.79 Å². The summed E-state index contributed by atoms with van der Waals surface area (Å²) in [5.74, 6) is -0.0118. The lowest BCUT2D eigenvalue weighted by molar-refractivity contribution is -0.108. The maximum Gasteiger partial charge on any atom is 0.127 e. The summed E-state index contributed by atoms with van der Waals surface area (Å²) in [6.07, 6.45) is 0.984. The molecule has 0 saturated heterocycles. The number of carbonyl (C=O) groups excluding carboxylic acids is 1. The molecular formula is C10H10BrIO. The van der Waals surface area contributed by atoms with E-state index in [1.807, 2.05) is 6.92 Å². The first kappa shape index (κ1) is 11.2. The number of hydrogen-bond acceptors (Lipinski definition) is 1. The molecule has 0 aliphatic rings. The zero-order chi connectivity index (χ0) is 9.84. The van der Waals surface area contributed by atoms with Crippen molar-refractivity contribution < 1.29 is 4.79 Å². The number of benzene rings is 1. The van der Waals surface area contributed by atoms with Crippen molar-refractivity contribution in [1.82, 2.24) is 0 Å². The SMILES string of the molecule is CC(C=O)c1cc(I)ccc1CBr. The van der Waals surface area contributed by atoms with Gasteiger partial charge in [0.25, 0.3) is 0 Å². The van der Waals surface area contributed by atoms with Crippen molar-refractivity contribution in [2.45, 2.75) is 18.2 Å². The van der Waals surface area contributed by atoms with E-state index in [0.29, 0.717) is 0 Å². The minimum Gasteiger partial charge on any atom is -0.303 e. The molecule has 1 atom stereocenters. The van der Waals surface area contributed by atoms with Gasteiger partial charge in [-0.3, -0.25) is 0 Å². The lowest BCUT2D eigenvalue weighted by Gasteiger charge is -2.09. The summed E-state index contributed by atoms with van der Waals surface area (Å²) in [5.41, 5.74) is 2.32. The Morgan fingerprint density at radius 3 is 2.85 bits per heavy atom. The van der Waals surface area contributed by atoms with Crippen LogP contribution in [0.1, 0.15) is 24.0 Å². The molecule has 0 aromatic heterocycles. The lowest BCUT2D eigenvalue weighted by Crippen LogP contribution is -1.99. The molecule has 0 radical (unpaired) electrons. The van der Waals surface area contributed by atoms with Crippen LogP contribution < -0.4 is 0 Å². The fourth-order valence-corrected chi connectivity index (χ4v) is 2.21. The van der Waals surface area contributed by atoms with Gasteiger partial charge in [0.1, 0.15) is 6.29 Å². The monoisotopic (exact) mass is 352 g/mol. The van der Waals surface area contributed by atoms with Crippen LogP contribution in [0.4, 0.5) is 0 Å². The normalized spacial score (nSPS) is 12.5. The number of carbonyl (C=O) groups is 1. The molecule has 0 heterocycles. The zero-order valence-corrected chi connectivity index (χ0v) is 11.0. The minimum absolute atomic E-state index is 0.0118. The molecule has 0 aliphatic heterocycles. The van der Waals surface area contributed by atoms with Crippen LogP contribution in [0.5, 0.6) is 0 Å². The summed E-state index contributed by atoms with van der Waals surface area (Å²) in [7, 11) is 0. The molecular weight excluding hydrogens is 343 g/mol. The van der Waals surface area contributed by atoms with Crippen molar-refractivity contribution >= 4 is 44.8 Å². The van der Waals surface area contributed by atoms with Crippen molar-refractivity contribution in [2.75, 3.05) is 0 Å². The average Bonchev–Trinajstić information content (AvgIpc) is 2.16. The predicted octanol–water partition coefficient (Wildman–Crippen LogP) is 3.49. The Balaban J connectivity index is 3.14. The Morgan fingerprint density at radius 2 is 2.31 bits per heavy atom. The van der Waals surface area contributed by atoms with Gasteiger partial charge in [-0.15, -0.1) is 0 Å². The van der Waals surface area contributed by atoms with Gasteiger partial charge in [0.15, 0.2) is 0 Å². The van der Waals surface area contributed by atoms with Gasteiger partial charge in [-0.05, 0) is 45.9 Å². The van der Waals surface area contributed by atoms with E-state index in [1.165, 1.54) is 9.13 Å². The molecule has 1 nitrogen and oxygen atoms in total. The van der Waals surface area contributed by atoms with Gasteiger partial charge < -0.3 is 4.79 Å². The van der Waals surface area contributed by atoms with Crippen molar-refractivity contribution in [1.29, 1.82) is 0 Å². The molecule has 0 aliphatic carbocycles. The second-order valence-corrected chi connectivity index (χ2v) is 4.71. The van der Waals surface area contributed by atoms with Gasteiger partial charge in [-0.1, -0.05) is 28.9 Å². The largest absolute Gasteiger partial charge is 0.303 e. The van der Waals surface area contributed by atoms with E-state index < -0.39 is 0 Å². The number of hydrogen-bond donors (Lipinski definition) is 0. The third kappa shape index (κ3) is 2.77. The second-order valence-electron chi connectivity index (χ2n) is 2.90. The molecule has 3 heteroatoms. The third-order valence-electron chi connectivity index (χ3n) is 1.95. The number of alkyl halides is 1. The summed E-state index contributed by atoms with van der Waals surface area (Å²) in [4.78, 5) is 10.7. The molecule has 0 saturated carbocycles. The predicted molar refractivity (Wildman–Crippen MR) is 66.3 cm³/mol. The molecule has 13 heavy (non-hydrogen) atoms. The molecule has 0 N–H and O–H groups in total. The minimum atomic E-state index is -0.0118. The summed E-state index contributed by atoms with van der Waals surface area (Å²) in [5, 5.41) is 0.803. The van der Waals surface area contributed by atoms with Gasteiger partial charge in [-0.25, -0.2) is 0 Å². The first-order valence-corrected chi connectivity index (χ1v) is 6.18. The molecule has 70 valence electrons. The average molecular weight is 353 g/mol. The summed E-state index contributed by atoms with van der Waals surface area (Å²) in [6, 6.07) is 6.18. The maximum atomic E-state index is 10.7.